The molecule has 4 nitrogen and oxygen atoms in total. The van der Waals surface area contributed by atoms with Gasteiger partial charge in [0.1, 0.15) is 0 Å². The van der Waals surface area contributed by atoms with Gasteiger partial charge < -0.3 is 0 Å². The summed E-state index contributed by atoms with van der Waals surface area (Å²) in [4.78, 5) is 0. The molecule has 164 valence electrons. The monoisotopic (exact) mass is 576 g/mol. The van der Waals surface area contributed by atoms with Crippen molar-refractivity contribution in [2.45, 2.75) is 65.5 Å². The Hall–Kier alpha value is -1.25. The summed E-state index contributed by atoms with van der Waals surface area (Å²) in [5.41, 5.74) is 6.48. The van der Waals surface area contributed by atoms with Gasteiger partial charge in [-0.05, 0) is 0 Å². The molecule has 7 heteroatoms. The first kappa shape index (κ1) is 20.4. The van der Waals surface area contributed by atoms with Gasteiger partial charge in [0.15, 0.2) is 0 Å². The molecule has 3 heterocycles. The summed E-state index contributed by atoms with van der Waals surface area (Å²) in [6.45, 7) is 8.31. The van der Waals surface area contributed by atoms with E-state index in [9.17, 15) is 0 Å². The second kappa shape index (κ2) is 5.81. The van der Waals surface area contributed by atoms with Crippen molar-refractivity contribution in [3.8, 4) is 11.5 Å². The maximum atomic E-state index is 7.84. The zero-order valence-corrected chi connectivity index (χ0v) is 22.2. The molecule has 2 atom stereocenters. The summed E-state index contributed by atoms with van der Waals surface area (Å²) >= 11 is -6.00. The third kappa shape index (κ3) is 2.44. The topological polar surface area (TPSA) is 24.5 Å². The number of aryl methyl sites for hydroxylation is 4. The van der Waals surface area contributed by atoms with Crippen molar-refractivity contribution in [2.75, 3.05) is 0 Å². The van der Waals surface area contributed by atoms with Crippen LogP contribution in [0.5, 0.6) is 11.5 Å². The van der Waals surface area contributed by atoms with Gasteiger partial charge in [-0.25, -0.2) is 0 Å². The predicted molar refractivity (Wildman–Crippen MR) is 127 cm³/mol. The van der Waals surface area contributed by atoms with Crippen LogP contribution in [0.25, 0.3) is 0 Å². The second-order valence-electron chi connectivity index (χ2n) is 9.60. The molecule has 2 fully saturated rings. The van der Waals surface area contributed by atoms with Crippen LogP contribution in [0.4, 0.5) is 0 Å². The second-order valence-corrected chi connectivity index (χ2v) is 29.1. The SMILES string of the molecule is Cc1cc(C)c2c(c1)C=[N+]1[C@@H]3CCCC[C@H]3[N+]3=Cc4cc(C)cc(C)c4O[Te]13(Cl)(Cl)O2. The first-order valence-corrected chi connectivity index (χ1v) is 20.9. The average Bonchev–Trinajstić information content (AvgIpc) is 2.88. The fourth-order valence-corrected chi connectivity index (χ4v) is 22.8. The summed E-state index contributed by atoms with van der Waals surface area (Å²) < 4.78 is 18.1. The van der Waals surface area contributed by atoms with Gasteiger partial charge in [0.25, 0.3) is 0 Å². The van der Waals surface area contributed by atoms with Crippen LogP contribution in [0.3, 0.4) is 0 Å². The summed E-state index contributed by atoms with van der Waals surface area (Å²) in [6.07, 6.45) is 8.63. The Bertz CT molecular complexity index is 1180. The van der Waals surface area contributed by atoms with E-state index in [-0.39, 0.29) is 12.1 Å². The van der Waals surface area contributed by atoms with Gasteiger partial charge in [-0.1, -0.05) is 0 Å². The summed E-state index contributed by atoms with van der Waals surface area (Å²) in [6, 6.07) is 8.85. The van der Waals surface area contributed by atoms with Gasteiger partial charge in [-0.15, -0.1) is 0 Å². The molecule has 31 heavy (non-hydrogen) atoms. The average molecular weight is 575 g/mol. The zero-order valence-electron chi connectivity index (χ0n) is 18.3. The van der Waals surface area contributed by atoms with E-state index >= 15 is 0 Å². The number of benzene rings is 2. The number of hydrogen-bond acceptors (Lipinski definition) is 2. The van der Waals surface area contributed by atoms with Gasteiger partial charge in [0.05, 0.1) is 0 Å². The first-order chi connectivity index (χ1) is 14.5. The van der Waals surface area contributed by atoms with Gasteiger partial charge in [-0.2, -0.15) is 0 Å². The van der Waals surface area contributed by atoms with E-state index in [4.69, 9.17) is 24.1 Å². The fraction of sp³-hybridized carbons (Fsp3) is 0.417. The number of halogens is 2. The molecular formula is C24H28Cl2N2O2Te+2. The fourth-order valence-electron chi connectivity index (χ4n) is 5.95. The molecule has 1 aliphatic carbocycles. The van der Waals surface area contributed by atoms with Crippen LogP contribution >= 0.6 is 17.9 Å². The summed E-state index contributed by atoms with van der Waals surface area (Å²) in [7, 11) is 15.7. The van der Waals surface area contributed by atoms with Crippen molar-refractivity contribution < 1.29 is 11.9 Å². The van der Waals surface area contributed by atoms with Crippen molar-refractivity contribution in [1.82, 2.24) is 0 Å². The number of nitrogens with zero attached hydrogens (tertiary/aromatic N) is 2. The van der Waals surface area contributed by atoms with Gasteiger partial charge in [0, 0.05) is 0 Å². The van der Waals surface area contributed by atoms with E-state index in [1.807, 2.05) is 0 Å². The maximum absolute atomic E-state index is 7.84. The predicted octanol–water partition coefficient (Wildman–Crippen LogP) is 5.41. The van der Waals surface area contributed by atoms with Gasteiger partial charge in [-0.3, -0.25) is 0 Å². The van der Waals surface area contributed by atoms with Gasteiger partial charge in [0.2, 0.25) is 0 Å². The van der Waals surface area contributed by atoms with E-state index in [0.717, 1.165) is 59.4 Å². The van der Waals surface area contributed by atoms with Crippen molar-refractivity contribution in [3.05, 3.63) is 57.6 Å². The molecule has 2 aromatic carbocycles. The molecule has 1 saturated carbocycles. The molecule has 2 aromatic rings. The molecule has 1 saturated heterocycles. The molecule has 3 aliphatic heterocycles. The number of hydrogen-bond donors (Lipinski definition) is 0. The third-order valence-electron chi connectivity index (χ3n) is 7.14. The van der Waals surface area contributed by atoms with Crippen molar-refractivity contribution >= 4 is 44.9 Å². The van der Waals surface area contributed by atoms with Gasteiger partial charge >= 0.3 is 191 Å². The molecule has 0 amide bonds. The van der Waals surface area contributed by atoms with Crippen LogP contribution in [-0.2, 0) is 0 Å². The zero-order chi connectivity index (χ0) is 21.8. The molecule has 6 rings (SSSR count). The number of fused-ring (bicyclic) bond motifs is 5. The molecular weight excluding hydrogens is 547 g/mol. The molecule has 0 aromatic heterocycles. The van der Waals surface area contributed by atoms with Crippen molar-refractivity contribution in [1.29, 1.82) is 0 Å². The van der Waals surface area contributed by atoms with Crippen LogP contribution in [0.1, 0.15) is 59.1 Å². The van der Waals surface area contributed by atoms with Crippen LogP contribution in [-0.4, -0.2) is 44.7 Å². The van der Waals surface area contributed by atoms with Crippen LogP contribution in [0.15, 0.2) is 24.3 Å². The summed E-state index contributed by atoms with van der Waals surface area (Å²) in [5, 5.41) is 0. The Morgan fingerprint density at radius 1 is 0.742 bits per heavy atom. The third-order valence-corrected chi connectivity index (χ3v) is 23.0. The van der Waals surface area contributed by atoms with E-state index in [1.165, 1.54) is 11.1 Å². The molecule has 4 aliphatic rings. The van der Waals surface area contributed by atoms with E-state index in [1.54, 1.807) is 0 Å². The molecule has 0 radical (unpaired) electrons. The Labute approximate surface area is 190 Å². The minimum absolute atomic E-state index is 0.162. The molecule has 0 N–H and O–H groups in total. The quantitative estimate of drug-likeness (QED) is 0.393. The first-order valence-electron chi connectivity index (χ1n) is 11.0. The molecule has 0 unspecified atom stereocenters. The minimum atomic E-state index is -6.00. The Morgan fingerprint density at radius 2 is 1.16 bits per heavy atom. The van der Waals surface area contributed by atoms with Crippen LogP contribution < -0.4 is 6.20 Å². The van der Waals surface area contributed by atoms with E-state index in [0.29, 0.717) is 0 Å². The van der Waals surface area contributed by atoms with Crippen molar-refractivity contribution in [2.24, 2.45) is 0 Å². The molecule has 0 bridgehead atoms. The summed E-state index contributed by atoms with van der Waals surface area (Å²) in [5.74, 6) is 1.48. The van der Waals surface area contributed by atoms with E-state index in [2.05, 4.69) is 70.0 Å². The Kier molecular flexibility index (Phi) is 3.81. The number of rotatable bonds is 0. The van der Waals surface area contributed by atoms with Crippen LogP contribution in [0.2, 0.25) is 0 Å². The standard InChI is InChI=1S/C24H28Cl2N2O2Te/c1-15-9-17(3)23-19(11-15)13-27-21-7-5-6-8-22(21)28-14-20-12-16(2)10-18(4)24(20)30-31(27,28,25,26)29-23/h9-14,21-22H,5-8H2,1-4H3/q+2/t21-,22-/m1/s1. The normalized spacial score (nSPS) is 30.0. The van der Waals surface area contributed by atoms with E-state index < -0.39 is 14.6 Å². The van der Waals surface area contributed by atoms with Crippen molar-refractivity contribution in [3.63, 3.8) is 0 Å². The Morgan fingerprint density at radius 3 is 1.58 bits per heavy atom. The molecule has 1 spiro atoms. The van der Waals surface area contributed by atoms with Crippen LogP contribution in [0, 0.1) is 27.7 Å². The Balaban J connectivity index is 1.72.